The van der Waals surface area contributed by atoms with Gasteiger partial charge in [-0.2, -0.15) is 13.5 Å². The summed E-state index contributed by atoms with van der Waals surface area (Å²) in [4.78, 5) is 22.2. The molecule has 0 heterocycles. The highest BCUT2D eigenvalue weighted by Crippen LogP contribution is 1.99. The fourth-order valence-corrected chi connectivity index (χ4v) is 1.01. The number of ether oxygens (including phenoxy) is 2. The first kappa shape index (κ1) is 18.6. The maximum Gasteiger partial charge on any atom is 0.306 e. The predicted molar refractivity (Wildman–Crippen MR) is 71.3 cm³/mol. The normalized spacial score (nSPS) is 9.29. The van der Waals surface area contributed by atoms with Crippen LogP contribution in [0.4, 0.5) is 0 Å². The topological polar surface area (TPSA) is 52.6 Å². The van der Waals surface area contributed by atoms with Crippen LogP contribution in [0.15, 0.2) is 0 Å². The fourth-order valence-electron chi connectivity index (χ4n) is 1.01. The largest absolute Gasteiger partial charge is 0.466 e. The molecule has 0 aliphatic rings. The summed E-state index contributed by atoms with van der Waals surface area (Å²) in [5.41, 5.74) is 0. The smallest absolute Gasteiger partial charge is 0.306 e. The van der Waals surface area contributed by atoms with Crippen LogP contribution < -0.4 is 0 Å². The summed E-state index contributed by atoms with van der Waals surface area (Å²) >= 11 is 0. The van der Waals surface area contributed by atoms with E-state index in [-0.39, 0.29) is 38.3 Å². The molecule has 0 aromatic heterocycles. The molecule has 0 unspecified atom stereocenters. The van der Waals surface area contributed by atoms with Gasteiger partial charge in [-0.15, -0.1) is 0 Å². The van der Waals surface area contributed by atoms with Crippen molar-refractivity contribution in [2.45, 2.75) is 52.4 Å². The number of carbonyl (C=O) groups is 2. The third-order valence-corrected chi connectivity index (χ3v) is 2.06. The molecule has 5 heteroatoms. The van der Waals surface area contributed by atoms with Crippen molar-refractivity contribution in [1.29, 1.82) is 0 Å². The summed E-state index contributed by atoms with van der Waals surface area (Å²) < 4.78 is 9.82. The van der Waals surface area contributed by atoms with Gasteiger partial charge in [0.2, 0.25) is 0 Å². The maximum absolute atomic E-state index is 11.1. The van der Waals surface area contributed by atoms with Gasteiger partial charge in [0.05, 0.1) is 26.1 Å². The van der Waals surface area contributed by atoms with Crippen LogP contribution in [0.5, 0.6) is 0 Å². The molecule has 17 heavy (non-hydrogen) atoms. The third-order valence-electron chi connectivity index (χ3n) is 2.06. The van der Waals surface area contributed by atoms with Gasteiger partial charge in [0, 0.05) is 0 Å². The summed E-state index contributed by atoms with van der Waals surface area (Å²) in [6, 6.07) is 0. The molecule has 0 fully saturated rings. The van der Waals surface area contributed by atoms with Crippen molar-refractivity contribution in [2.24, 2.45) is 0 Å². The molecule has 0 radical (unpaired) electrons. The van der Waals surface area contributed by atoms with Gasteiger partial charge in [0.1, 0.15) is 0 Å². The lowest BCUT2D eigenvalue weighted by Gasteiger charge is -2.04. The van der Waals surface area contributed by atoms with Crippen LogP contribution in [0.25, 0.3) is 0 Å². The second-order valence-corrected chi connectivity index (χ2v) is 3.65. The summed E-state index contributed by atoms with van der Waals surface area (Å²) in [6.07, 6.45) is 3.96. The first-order valence-corrected chi connectivity index (χ1v) is 6.02. The molecule has 0 N–H and O–H groups in total. The zero-order chi connectivity index (χ0) is 12.2. The fraction of sp³-hybridized carbons (Fsp3) is 0.833. The van der Waals surface area contributed by atoms with E-state index in [0.717, 1.165) is 25.7 Å². The van der Waals surface area contributed by atoms with Crippen LogP contribution in [0.2, 0.25) is 0 Å². The first-order valence-electron chi connectivity index (χ1n) is 6.02. The van der Waals surface area contributed by atoms with Crippen LogP contribution >= 0.6 is 13.5 Å². The van der Waals surface area contributed by atoms with Gasteiger partial charge in [-0.25, -0.2) is 0 Å². The van der Waals surface area contributed by atoms with E-state index in [1.54, 1.807) is 0 Å². The maximum atomic E-state index is 11.1. The molecule has 0 bridgehead atoms. The van der Waals surface area contributed by atoms with Gasteiger partial charge in [-0.05, 0) is 12.8 Å². The molecule has 0 aromatic rings. The average Bonchev–Trinajstić information content (AvgIpc) is 2.27. The monoisotopic (exact) mass is 264 g/mol. The lowest BCUT2D eigenvalue weighted by molar-refractivity contribution is -0.150. The predicted octanol–water partition coefficient (Wildman–Crippen LogP) is 2.57. The zero-order valence-electron chi connectivity index (χ0n) is 10.8. The highest BCUT2D eigenvalue weighted by Gasteiger charge is 2.08. The molecule has 0 amide bonds. The van der Waals surface area contributed by atoms with Crippen molar-refractivity contribution in [3.63, 3.8) is 0 Å². The molecule has 0 saturated carbocycles. The van der Waals surface area contributed by atoms with Crippen LogP contribution in [0, 0.1) is 0 Å². The Morgan fingerprint density at radius 2 is 1.18 bits per heavy atom. The van der Waals surface area contributed by atoms with Crippen molar-refractivity contribution >= 4 is 25.4 Å². The first-order chi connectivity index (χ1) is 7.70. The number of rotatable bonds is 9. The highest BCUT2D eigenvalue weighted by molar-refractivity contribution is 7.59. The van der Waals surface area contributed by atoms with Crippen LogP contribution in [0.1, 0.15) is 52.4 Å². The minimum atomic E-state index is -0.319. The lowest BCUT2D eigenvalue weighted by Crippen LogP contribution is -2.11. The van der Waals surface area contributed by atoms with Crippen molar-refractivity contribution in [3.8, 4) is 0 Å². The van der Waals surface area contributed by atoms with E-state index in [4.69, 9.17) is 9.47 Å². The molecule has 0 aromatic carbocycles. The highest BCUT2D eigenvalue weighted by atomic mass is 32.1. The van der Waals surface area contributed by atoms with Gasteiger partial charge in [0.25, 0.3) is 0 Å². The summed E-state index contributed by atoms with van der Waals surface area (Å²) in [5.74, 6) is -0.637. The molecule has 0 spiro atoms. The van der Waals surface area contributed by atoms with Crippen LogP contribution in [-0.4, -0.2) is 25.2 Å². The van der Waals surface area contributed by atoms with E-state index >= 15 is 0 Å². The number of hydrogen-bond donors (Lipinski definition) is 0. The molecule has 0 aliphatic carbocycles. The molecule has 0 atom stereocenters. The molecular weight excluding hydrogens is 240 g/mol. The Labute approximate surface area is 110 Å². The van der Waals surface area contributed by atoms with Gasteiger partial charge in [-0.3, -0.25) is 9.59 Å². The van der Waals surface area contributed by atoms with Crippen molar-refractivity contribution in [1.82, 2.24) is 0 Å². The SMILES string of the molecule is CCCCOC(=O)CCC(=O)OCCCC.S. The van der Waals surface area contributed by atoms with Gasteiger partial charge in [0.15, 0.2) is 0 Å². The number of carbonyl (C=O) groups excluding carboxylic acids is 2. The zero-order valence-corrected chi connectivity index (χ0v) is 11.8. The second-order valence-electron chi connectivity index (χ2n) is 3.65. The summed E-state index contributed by atoms with van der Waals surface area (Å²) in [5, 5.41) is 0. The Balaban J connectivity index is 0. The van der Waals surface area contributed by atoms with Gasteiger partial charge >= 0.3 is 11.9 Å². The second kappa shape index (κ2) is 13.4. The van der Waals surface area contributed by atoms with E-state index < -0.39 is 0 Å². The standard InChI is InChI=1S/C12H22O4.H2S/c1-3-5-9-15-11(13)7-8-12(14)16-10-6-4-2;/h3-10H2,1-2H3;1H2. The molecule has 0 aliphatic heterocycles. The van der Waals surface area contributed by atoms with Gasteiger partial charge in [-0.1, -0.05) is 26.7 Å². The van der Waals surface area contributed by atoms with E-state index in [1.165, 1.54) is 0 Å². The molecule has 0 rings (SSSR count). The van der Waals surface area contributed by atoms with E-state index in [1.807, 2.05) is 13.8 Å². The molecule has 102 valence electrons. The van der Waals surface area contributed by atoms with Gasteiger partial charge < -0.3 is 9.47 Å². The Hall–Kier alpha value is -0.710. The average molecular weight is 264 g/mol. The van der Waals surface area contributed by atoms with E-state index in [9.17, 15) is 9.59 Å². The Morgan fingerprint density at radius 3 is 1.47 bits per heavy atom. The van der Waals surface area contributed by atoms with Crippen LogP contribution in [-0.2, 0) is 19.1 Å². The summed E-state index contributed by atoms with van der Waals surface area (Å²) in [7, 11) is 0. The molecule has 4 nitrogen and oxygen atoms in total. The lowest BCUT2D eigenvalue weighted by atomic mass is 10.3. The Morgan fingerprint density at radius 1 is 0.824 bits per heavy atom. The van der Waals surface area contributed by atoms with Crippen molar-refractivity contribution in [2.75, 3.05) is 13.2 Å². The van der Waals surface area contributed by atoms with Crippen molar-refractivity contribution in [3.05, 3.63) is 0 Å². The number of esters is 2. The molecular formula is C12H24O4S. The quantitative estimate of drug-likeness (QED) is 0.474. The minimum Gasteiger partial charge on any atom is -0.466 e. The number of unbranched alkanes of at least 4 members (excludes halogenated alkanes) is 2. The Kier molecular flexibility index (Phi) is 14.7. The van der Waals surface area contributed by atoms with E-state index in [2.05, 4.69) is 0 Å². The van der Waals surface area contributed by atoms with E-state index in [0.29, 0.717) is 13.2 Å². The minimum absolute atomic E-state index is 0. The molecule has 0 saturated heterocycles. The third kappa shape index (κ3) is 13.2. The number of hydrogen-bond acceptors (Lipinski definition) is 4. The van der Waals surface area contributed by atoms with Crippen molar-refractivity contribution < 1.29 is 19.1 Å². The summed E-state index contributed by atoms with van der Waals surface area (Å²) in [6.45, 7) is 4.94. The van der Waals surface area contributed by atoms with Crippen LogP contribution in [0.3, 0.4) is 0 Å². The Bertz CT molecular complexity index is 185.